The summed E-state index contributed by atoms with van der Waals surface area (Å²) in [4.78, 5) is 25.1. The molecule has 5 N–H and O–H groups in total. The molecule has 1 aromatic heterocycles. The average molecular weight is 405 g/mol. The van der Waals surface area contributed by atoms with Crippen LogP contribution in [0.15, 0.2) is 24.4 Å². The molecule has 0 saturated carbocycles. The van der Waals surface area contributed by atoms with Gasteiger partial charge >= 0.3 is 12.1 Å². The van der Waals surface area contributed by atoms with Gasteiger partial charge in [0.25, 0.3) is 0 Å². The number of nitrogens with one attached hydrogen (secondary N) is 2. The number of nitrogens with two attached hydrogens (primary N) is 1. The lowest BCUT2D eigenvalue weighted by molar-refractivity contribution is -0.141. The van der Waals surface area contributed by atoms with Crippen LogP contribution >= 0.6 is 11.8 Å². The van der Waals surface area contributed by atoms with Crippen LogP contribution in [0.3, 0.4) is 0 Å². The van der Waals surface area contributed by atoms with E-state index in [4.69, 9.17) is 10.8 Å². The summed E-state index contributed by atoms with van der Waals surface area (Å²) in [6.07, 6.45) is -1.46. The highest BCUT2D eigenvalue weighted by atomic mass is 32.2. The molecule has 0 fully saturated rings. The Bertz CT molecular complexity index is 776. The molecule has 1 aromatic carbocycles. The molecule has 1 atom stereocenters. The Balaban J connectivity index is 0.000000828. The van der Waals surface area contributed by atoms with Gasteiger partial charge in [0, 0.05) is 23.5 Å². The normalized spacial score (nSPS) is 12.2. The molecule has 10 heteroatoms. The Hall–Kier alpha value is -2.20. The summed E-state index contributed by atoms with van der Waals surface area (Å²) in [7, 11) is 0. The second-order valence-electron chi connectivity index (χ2n) is 5.48. The lowest BCUT2D eigenvalue weighted by atomic mass is 10.0. The largest absolute Gasteiger partial charge is 0.480 e. The monoisotopic (exact) mass is 405 g/mol. The molecule has 1 unspecified atom stereocenters. The number of hydrogen-bond donors (Lipinski definition) is 4. The molecule has 0 aliphatic rings. The fourth-order valence-electron chi connectivity index (χ4n) is 2.33. The van der Waals surface area contributed by atoms with Gasteiger partial charge in [-0.05, 0) is 29.7 Å². The predicted molar refractivity (Wildman–Crippen MR) is 99.7 cm³/mol. The molecule has 0 saturated heterocycles. The third-order valence-electron chi connectivity index (χ3n) is 3.62. The number of carboxylic acids is 1. The van der Waals surface area contributed by atoms with Gasteiger partial charge in [-0.25, -0.2) is 4.79 Å². The number of aromatic amines is 1. The zero-order chi connectivity index (χ0) is 20.6. The van der Waals surface area contributed by atoms with Crippen LogP contribution in [-0.2, 0) is 22.2 Å². The molecule has 0 spiro atoms. The van der Waals surface area contributed by atoms with Gasteiger partial charge in [0.05, 0.1) is 12.1 Å². The molecule has 0 bridgehead atoms. The fraction of sp³-hybridized carbons (Fsp3) is 0.412. The second kappa shape index (κ2) is 10.2. The highest BCUT2D eigenvalue weighted by molar-refractivity contribution is 7.98. The van der Waals surface area contributed by atoms with Gasteiger partial charge in [-0.1, -0.05) is 13.0 Å². The van der Waals surface area contributed by atoms with E-state index in [2.05, 4.69) is 23.5 Å². The number of rotatable bonds is 6. The quantitative estimate of drug-likeness (QED) is 0.591. The van der Waals surface area contributed by atoms with Crippen molar-refractivity contribution in [3.05, 3.63) is 35.5 Å². The Morgan fingerprint density at radius 1 is 1.37 bits per heavy atom. The van der Waals surface area contributed by atoms with Gasteiger partial charge in [-0.2, -0.15) is 24.9 Å². The fourth-order valence-corrected chi connectivity index (χ4v) is 2.33. The van der Waals surface area contributed by atoms with Crippen molar-refractivity contribution in [2.24, 2.45) is 5.73 Å². The molecule has 2 aromatic rings. The molecule has 0 aliphatic heterocycles. The number of halogens is 3. The first-order valence-electron chi connectivity index (χ1n) is 8.03. The van der Waals surface area contributed by atoms with Gasteiger partial charge in [-0.15, -0.1) is 0 Å². The SMILES string of the molecule is CCSC.NCC(=O)NC(Cc1c[nH]c2cccc(C(F)(F)F)c12)C(=O)O. The molecule has 1 heterocycles. The van der Waals surface area contributed by atoms with E-state index in [9.17, 15) is 22.8 Å². The van der Waals surface area contributed by atoms with Crippen molar-refractivity contribution in [3.63, 3.8) is 0 Å². The molecule has 1 amide bonds. The van der Waals surface area contributed by atoms with Crippen LogP contribution in [0.5, 0.6) is 0 Å². The van der Waals surface area contributed by atoms with Gasteiger partial charge in [0.2, 0.25) is 5.91 Å². The third-order valence-corrected chi connectivity index (χ3v) is 4.20. The first kappa shape index (κ1) is 22.8. The number of thioether (sulfide) groups is 1. The summed E-state index contributed by atoms with van der Waals surface area (Å²) in [6.45, 7) is 1.73. The number of amides is 1. The average Bonchev–Trinajstić information content (AvgIpc) is 3.03. The minimum atomic E-state index is -4.57. The first-order chi connectivity index (χ1) is 12.6. The minimum Gasteiger partial charge on any atom is -0.480 e. The zero-order valence-electron chi connectivity index (χ0n) is 14.9. The van der Waals surface area contributed by atoms with Gasteiger partial charge < -0.3 is 21.1 Å². The summed E-state index contributed by atoms with van der Waals surface area (Å²) in [6, 6.07) is 2.28. The zero-order valence-corrected chi connectivity index (χ0v) is 15.7. The Morgan fingerprint density at radius 3 is 2.48 bits per heavy atom. The number of carbonyl (C=O) groups excluding carboxylic acids is 1. The minimum absolute atomic E-state index is 0.103. The second-order valence-corrected chi connectivity index (χ2v) is 6.64. The van der Waals surface area contributed by atoms with E-state index in [0.29, 0.717) is 0 Å². The lowest BCUT2D eigenvalue weighted by Crippen LogP contribution is -2.44. The maximum absolute atomic E-state index is 13.1. The van der Waals surface area contributed by atoms with Crippen molar-refractivity contribution in [1.29, 1.82) is 0 Å². The molecule has 6 nitrogen and oxygen atoms in total. The van der Waals surface area contributed by atoms with E-state index < -0.39 is 36.2 Å². The standard InChI is InChI=1S/C14H14F3N3O3.C3H8S/c15-14(16,17)8-2-1-3-9-12(8)7(6-19-9)4-10(13(22)23)20-11(21)5-18;1-3-4-2/h1-3,6,10,19H,4-5,18H2,(H,20,21)(H,22,23);3H2,1-2H3. The molecule has 27 heavy (non-hydrogen) atoms. The van der Waals surface area contributed by atoms with Crippen molar-refractivity contribution in [2.45, 2.75) is 25.6 Å². The number of benzene rings is 1. The number of alkyl halides is 3. The van der Waals surface area contributed by atoms with Crippen molar-refractivity contribution in [3.8, 4) is 0 Å². The topological polar surface area (TPSA) is 108 Å². The molecule has 0 radical (unpaired) electrons. The summed E-state index contributed by atoms with van der Waals surface area (Å²) in [5.74, 6) is -0.820. The van der Waals surface area contributed by atoms with Crippen molar-refractivity contribution < 1.29 is 27.9 Å². The third kappa shape index (κ3) is 6.47. The number of aromatic nitrogens is 1. The maximum Gasteiger partial charge on any atom is 0.417 e. The molecular formula is C17H22F3N3O3S. The van der Waals surface area contributed by atoms with Crippen LogP contribution in [0.2, 0.25) is 0 Å². The number of hydrogen-bond acceptors (Lipinski definition) is 4. The Labute approximate surface area is 158 Å². The van der Waals surface area contributed by atoms with E-state index in [1.807, 2.05) is 11.8 Å². The first-order valence-corrected chi connectivity index (χ1v) is 9.42. The number of carbonyl (C=O) groups is 2. The smallest absolute Gasteiger partial charge is 0.417 e. The van der Waals surface area contributed by atoms with E-state index in [0.717, 1.165) is 6.07 Å². The highest BCUT2D eigenvalue weighted by Gasteiger charge is 2.34. The number of aliphatic carboxylic acids is 1. The maximum atomic E-state index is 13.1. The Morgan fingerprint density at radius 2 is 2.00 bits per heavy atom. The van der Waals surface area contributed by atoms with Crippen LogP contribution in [0, 0.1) is 0 Å². The number of fused-ring (bicyclic) bond motifs is 1. The van der Waals surface area contributed by atoms with Crippen molar-refractivity contribution >= 4 is 34.5 Å². The van der Waals surface area contributed by atoms with Crippen LogP contribution < -0.4 is 11.1 Å². The van der Waals surface area contributed by atoms with E-state index in [-0.39, 0.29) is 22.9 Å². The van der Waals surface area contributed by atoms with Gasteiger partial charge in [-0.3, -0.25) is 4.79 Å². The number of carboxylic acid groups (broad SMARTS) is 1. The Kier molecular flexibility index (Phi) is 8.64. The summed E-state index contributed by atoms with van der Waals surface area (Å²) < 4.78 is 39.4. The van der Waals surface area contributed by atoms with Gasteiger partial charge in [0.15, 0.2) is 0 Å². The van der Waals surface area contributed by atoms with E-state index in [1.165, 1.54) is 24.1 Å². The number of H-pyrrole nitrogens is 1. The predicted octanol–water partition coefficient (Wildman–Crippen LogP) is 2.63. The lowest BCUT2D eigenvalue weighted by Gasteiger charge is -2.15. The van der Waals surface area contributed by atoms with Crippen LogP contribution in [0.25, 0.3) is 10.9 Å². The van der Waals surface area contributed by atoms with Crippen molar-refractivity contribution in [1.82, 2.24) is 10.3 Å². The molecule has 150 valence electrons. The van der Waals surface area contributed by atoms with Gasteiger partial charge in [0.1, 0.15) is 6.04 Å². The van der Waals surface area contributed by atoms with E-state index >= 15 is 0 Å². The summed E-state index contributed by atoms with van der Waals surface area (Å²) in [5, 5.41) is 11.2. The van der Waals surface area contributed by atoms with Crippen LogP contribution in [0.4, 0.5) is 13.2 Å². The molecule has 0 aliphatic carbocycles. The summed E-state index contributed by atoms with van der Waals surface area (Å²) >= 11 is 1.86. The highest BCUT2D eigenvalue weighted by Crippen LogP contribution is 2.36. The molecule has 2 rings (SSSR count). The van der Waals surface area contributed by atoms with E-state index in [1.54, 1.807) is 0 Å². The summed E-state index contributed by atoms with van der Waals surface area (Å²) in [5.41, 5.74) is 4.64. The van der Waals surface area contributed by atoms with Crippen molar-refractivity contribution in [2.75, 3.05) is 18.6 Å². The van der Waals surface area contributed by atoms with Crippen LogP contribution in [0.1, 0.15) is 18.1 Å². The van der Waals surface area contributed by atoms with Crippen LogP contribution in [-0.4, -0.2) is 46.6 Å². The molecular weight excluding hydrogens is 383 g/mol.